The summed E-state index contributed by atoms with van der Waals surface area (Å²) < 4.78 is 37.8. The Bertz CT molecular complexity index is 413. The summed E-state index contributed by atoms with van der Waals surface area (Å²) >= 11 is 0. The third-order valence-corrected chi connectivity index (χ3v) is 4.39. The van der Waals surface area contributed by atoms with Gasteiger partial charge >= 0.3 is 6.18 Å². The Balaban J connectivity index is 1.87. The van der Waals surface area contributed by atoms with Gasteiger partial charge in [-0.25, -0.2) is 0 Å². The lowest BCUT2D eigenvalue weighted by atomic mass is 9.81. The number of nitrogens with zero attached hydrogens (tertiary/aromatic N) is 1. The SMILES string of the molecule is NC(=NO)C(NC(=O)C1CCC(C(F)(F)F)CC1)C1CC1. The van der Waals surface area contributed by atoms with Crippen molar-refractivity contribution in [3.05, 3.63) is 0 Å². The molecule has 1 unspecified atom stereocenters. The minimum atomic E-state index is -4.17. The van der Waals surface area contributed by atoms with Gasteiger partial charge in [-0.05, 0) is 44.4 Å². The number of rotatable bonds is 4. The van der Waals surface area contributed by atoms with Crippen molar-refractivity contribution in [2.75, 3.05) is 0 Å². The topological polar surface area (TPSA) is 87.7 Å². The van der Waals surface area contributed by atoms with E-state index in [0.717, 1.165) is 12.8 Å². The number of carbonyl (C=O) groups excluding carboxylic acids is 1. The zero-order valence-electron chi connectivity index (χ0n) is 11.6. The van der Waals surface area contributed by atoms with Crippen molar-refractivity contribution < 1.29 is 23.2 Å². The molecule has 4 N–H and O–H groups in total. The van der Waals surface area contributed by atoms with Gasteiger partial charge in [0.1, 0.15) is 0 Å². The Morgan fingerprint density at radius 2 is 1.76 bits per heavy atom. The van der Waals surface area contributed by atoms with Gasteiger partial charge in [0.2, 0.25) is 5.91 Å². The number of alkyl halides is 3. The molecule has 2 saturated carbocycles. The van der Waals surface area contributed by atoms with Crippen molar-refractivity contribution in [3.8, 4) is 0 Å². The minimum Gasteiger partial charge on any atom is -0.409 e. The van der Waals surface area contributed by atoms with E-state index in [0.29, 0.717) is 0 Å². The van der Waals surface area contributed by atoms with E-state index in [2.05, 4.69) is 10.5 Å². The first-order chi connectivity index (χ1) is 9.82. The van der Waals surface area contributed by atoms with Crippen molar-refractivity contribution in [1.29, 1.82) is 0 Å². The van der Waals surface area contributed by atoms with Gasteiger partial charge in [0, 0.05) is 5.92 Å². The summed E-state index contributed by atoms with van der Waals surface area (Å²) in [5.74, 6) is -1.90. The lowest BCUT2D eigenvalue weighted by Gasteiger charge is -2.30. The Morgan fingerprint density at radius 3 is 2.19 bits per heavy atom. The van der Waals surface area contributed by atoms with Crippen molar-refractivity contribution >= 4 is 11.7 Å². The van der Waals surface area contributed by atoms with E-state index in [4.69, 9.17) is 10.9 Å². The summed E-state index contributed by atoms with van der Waals surface area (Å²) in [5.41, 5.74) is 5.55. The Labute approximate surface area is 120 Å². The number of nitrogens with one attached hydrogen (secondary N) is 1. The number of amides is 1. The summed E-state index contributed by atoms with van der Waals surface area (Å²) in [6.45, 7) is 0. The summed E-state index contributed by atoms with van der Waals surface area (Å²) in [6.07, 6.45) is -1.97. The second-order valence-electron chi connectivity index (χ2n) is 5.94. The molecule has 2 fully saturated rings. The van der Waals surface area contributed by atoms with Gasteiger partial charge in [-0.3, -0.25) is 4.79 Å². The highest BCUT2D eigenvalue weighted by molar-refractivity contribution is 5.91. The molecule has 2 aliphatic rings. The average Bonchev–Trinajstić information content (AvgIpc) is 3.27. The molecule has 2 aliphatic carbocycles. The van der Waals surface area contributed by atoms with Crippen LogP contribution in [-0.4, -0.2) is 29.2 Å². The number of oxime groups is 1. The lowest BCUT2D eigenvalue weighted by Crippen LogP contribution is -2.48. The Kier molecular flexibility index (Phi) is 4.63. The maximum atomic E-state index is 12.6. The third kappa shape index (κ3) is 4.01. The molecule has 0 aliphatic heterocycles. The van der Waals surface area contributed by atoms with E-state index in [1.165, 1.54) is 0 Å². The van der Waals surface area contributed by atoms with Crippen molar-refractivity contribution in [2.45, 2.75) is 50.7 Å². The number of halogens is 3. The Morgan fingerprint density at radius 1 is 1.19 bits per heavy atom. The smallest absolute Gasteiger partial charge is 0.391 e. The van der Waals surface area contributed by atoms with Crippen molar-refractivity contribution in [3.63, 3.8) is 0 Å². The van der Waals surface area contributed by atoms with Gasteiger partial charge in [-0.15, -0.1) is 0 Å². The number of nitrogens with two attached hydrogens (primary N) is 1. The fourth-order valence-electron chi connectivity index (χ4n) is 2.88. The summed E-state index contributed by atoms with van der Waals surface area (Å²) in [4.78, 5) is 12.1. The van der Waals surface area contributed by atoms with Gasteiger partial charge in [-0.1, -0.05) is 5.16 Å². The van der Waals surface area contributed by atoms with E-state index in [-0.39, 0.29) is 43.3 Å². The van der Waals surface area contributed by atoms with Crippen LogP contribution in [0.4, 0.5) is 13.2 Å². The first-order valence-corrected chi connectivity index (χ1v) is 7.17. The van der Waals surface area contributed by atoms with E-state index in [1.807, 2.05) is 0 Å². The molecular weight excluding hydrogens is 287 g/mol. The van der Waals surface area contributed by atoms with Crippen LogP contribution in [0, 0.1) is 17.8 Å². The van der Waals surface area contributed by atoms with Crippen LogP contribution in [0.15, 0.2) is 5.16 Å². The molecule has 0 aromatic carbocycles. The summed E-state index contributed by atoms with van der Waals surface area (Å²) in [7, 11) is 0. The first-order valence-electron chi connectivity index (χ1n) is 7.17. The average molecular weight is 307 g/mol. The molecule has 1 atom stereocenters. The number of hydrogen-bond donors (Lipinski definition) is 3. The van der Waals surface area contributed by atoms with Gasteiger partial charge < -0.3 is 16.3 Å². The van der Waals surface area contributed by atoms with E-state index >= 15 is 0 Å². The van der Waals surface area contributed by atoms with Gasteiger partial charge in [-0.2, -0.15) is 13.2 Å². The second-order valence-corrected chi connectivity index (χ2v) is 5.94. The van der Waals surface area contributed by atoms with Crippen LogP contribution >= 0.6 is 0 Å². The highest BCUT2D eigenvalue weighted by atomic mass is 19.4. The van der Waals surface area contributed by atoms with Gasteiger partial charge in [0.05, 0.1) is 12.0 Å². The van der Waals surface area contributed by atoms with Crippen molar-refractivity contribution in [2.24, 2.45) is 28.6 Å². The molecule has 0 bridgehead atoms. The summed E-state index contributed by atoms with van der Waals surface area (Å²) in [6, 6.07) is -0.511. The summed E-state index contributed by atoms with van der Waals surface area (Å²) in [5, 5.41) is 14.4. The molecule has 120 valence electrons. The molecule has 0 spiro atoms. The molecular formula is C13H20F3N3O2. The maximum Gasteiger partial charge on any atom is 0.391 e. The minimum absolute atomic E-state index is 0.0146. The second kappa shape index (κ2) is 6.11. The highest BCUT2D eigenvalue weighted by Crippen LogP contribution is 2.40. The van der Waals surface area contributed by atoms with E-state index in [1.54, 1.807) is 0 Å². The predicted molar refractivity (Wildman–Crippen MR) is 69.6 cm³/mol. The molecule has 0 aromatic heterocycles. The largest absolute Gasteiger partial charge is 0.409 e. The van der Waals surface area contributed by atoms with Crippen LogP contribution in [0.1, 0.15) is 38.5 Å². The third-order valence-electron chi connectivity index (χ3n) is 4.39. The van der Waals surface area contributed by atoms with Crippen LogP contribution < -0.4 is 11.1 Å². The molecule has 2 rings (SSSR count). The molecule has 0 saturated heterocycles. The molecule has 0 heterocycles. The van der Waals surface area contributed by atoms with Crippen LogP contribution in [-0.2, 0) is 4.79 Å². The van der Waals surface area contributed by atoms with E-state index in [9.17, 15) is 18.0 Å². The van der Waals surface area contributed by atoms with E-state index < -0.39 is 24.1 Å². The van der Waals surface area contributed by atoms with Gasteiger partial charge in [0.15, 0.2) is 5.84 Å². The fourth-order valence-corrected chi connectivity index (χ4v) is 2.88. The van der Waals surface area contributed by atoms with Crippen LogP contribution in [0.5, 0.6) is 0 Å². The van der Waals surface area contributed by atoms with Crippen LogP contribution in [0.25, 0.3) is 0 Å². The normalized spacial score (nSPS) is 29.0. The standard InChI is InChI=1S/C13H20F3N3O2/c14-13(15,16)9-5-3-8(4-6-9)12(20)18-10(7-1-2-7)11(17)19-21/h7-10,21H,1-6H2,(H2,17,19)(H,18,20). The number of hydrogen-bond acceptors (Lipinski definition) is 3. The highest BCUT2D eigenvalue weighted by Gasteiger charge is 2.43. The number of amidine groups is 1. The first kappa shape index (κ1) is 15.9. The molecule has 1 amide bonds. The predicted octanol–water partition coefficient (Wildman–Crippen LogP) is 2.00. The lowest BCUT2D eigenvalue weighted by molar-refractivity contribution is -0.184. The van der Waals surface area contributed by atoms with Gasteiger partial charge in [0.25, 0.3) is 0 Å². The molecule has 21 heavy (non-hydrogen) atoms. The molecule has 0 radical (unpaired) electrons. The van der Waals surface area contributed by atoms with Crippen LogP contribution in [0.2, 0.25) is 0 Å². The van der Waals surface area contributed by atoms with Crippen molar-refractivity contribution in [1.82, 2.24) is 5.32 Å². The monoisotopic (exact) mass is 307 g/mol. The van der Waals surface area contributed by atoms with Crippen LogP contribution in [0.3, 0.4) is 0 Å². The molecule has 0 aromatic rings. The zero-order valence-corrected chi connectivity index (χ0v) is 11.6. The molecule has 8 heteroatoms. The zero-order chi connectivity index (χ0) is 15.6. The quantitative estimate of drug-likeness (QED) is 0.321. The number of carbonyl (C=O) groups is 1. The Hall–Kier alpha value is -1.47. The maximum absolute atomic E-state index is 12.6. The fraction of sp³-hybridized carbons (Fsp3) is 0.846. The molecule has 5 nitrogen and oxygen atoms in total.